The lowest BCUT2D eigenvalue weighted by Gasteiger charge is -2.22. The second kappa shape index (κ2) is 7.01. The molecule has 2 rings (SSSR count). The third-order valence-corrected chi connectivity index (χ3v) is 3.75. The summed E-state index contributed by atoms with van der Waals surface area (Å²) < 4.78 is 26.9. The first-order chi connectivity index (χ1) is 10.0. The van der Waals surface area contributed by atoms with E-state index in [2.05, 4.69) is 12.2 Å². The molecule has 1 N–H and O–H groups in total. The molecule has 0 heterocycles. The van der Waals surface area contributed by atoms with Crippen molar-refractivity contribution >= 4 is 11.6 Å². The highest BCUT2D eigenvalue weighted by Gasteiger charge is 2.19. The van der Waals surface area contributed by atoms with Crippen molar-refractivity contribution in [3.63, 3.8) is 0 Å². The second-order valence-electron chi connectivity index (χ2n) is 5.05. The Morgan fingerprint density at radius 1 is 1.05 bits per heavy atom. The third-order valence-electron chi connectivity index (χ3n) is 3.41. The van der Waals surface area contributed by atoms with E-state index < -0.39 is 0 Å². The highest BCUT2D eigenvalue weighted by Crippen LogP contribution is 2.31. The van der Waals surface area contributed by atoms with Gasteiger partial charge in [-0.2, -0.15) is 0 Å². The van der Waals surface area contributed by atoms with Crippen molar-refractivity contribution < 1.29 is 8.78 Å². The molecule has 0 aliphatic carbocycles. The van der Waals surface area contributed by atoms with Crippen LogP contribution in [0.25, 0.3) is 0 Å². The Kier molecular flexibility index (Phi) is 5.32. The number of rotatable bonds is 5. The van der Waals surface area contributed by atoms with E-state index in [4.69, 9.17) is 11.6 Å². The largest absolute Gasteiger partial charge is 0.306 e. The Hall–Kier alpha value is -1.45. The lowest BCUT2D eigenvalue weighted by Crippen LogP contribution is -2.24. The van der Waals surface area contributed by atoms with Gasteiger partial charge >= 0.3 is 0 Å². The molecule has 1 atom stereocenters. The lowest BCUT2D eigenvalue weighted by molar-refractivity contribution is 0.580. The predicted octanol–water partition coefficient (Wildman–Crippen LogP) is 5.02. The standard InChI is InChI=1S/C17H18ClF2N/c1-3-8-21-17(14-6-4-12(19)9-11(14)2)15-10-13(20)5-7-16(15)18/h4-7,9-10,17,21H,3,8H2,1-2H3. The van der Waals surface area contributed by atoms with Gasteiger partial charge in [0, 0.05) is 5.02 Å². The molecule has 21 heavy (non-hydrogen) atoms. The molecule has 0 bridgehead atoms. The van der Waals surface area contributed by atoms with Crippen LogP contribution in [-0.4, -0.2) is 6.54 Å². The number of nitrogens with one attached hydrogen (secondary N) is 1. The van der Waals surface area contributed by atoms with E-state index in [-0.39, 0.29) is 17.7 Å². The van der Waals surface area contributed by atoms with Crippen molar-refractivity contribution in [3.8, 4) is 0 Å². The zero-order valence-electron chi connectivity index (χ0n) is 12.1. The molecule has 1 unspecified atom stereocenters. The molecule has 0 aliphatic rings. The maximum Gasteiger partial charge on any atom is 0.123 e. The molecular weight excluding hydrogens is 292 g/mol. The monoisotopic (exact) mass is 309 g/mol. The van der Waals surface area contributed by atoms with Crippen LogP contribution in [0.4, 0.5) is 8.78 Å². The average molecular weight is 310 g/mol. The highest BCUT2D eigenvalue weighted by molar-refractivity contribution is 6.31. The zero-order valence-corrected chi connectivity index (χ0v) is 12.8. The summed E-state index contributed by atoms with van der Waals surface area (Å²) >= 11 is 6.22. The maximum atomic E-state index is 13.6. The highest BCUT2D eigenvalue weighted by atomic mass is 35.5. The van der Waals surface area contributed by atoms with E-state index in [1.807, 2.05) is 6.92 Å². The maximum absolute atomic E-state index is 13.6. The van der Waals surface area contributed by atoms with Gasteiger partial charge in [0.25, 0.3) is 0 Å². The molecular formula is C17H18ClF2N. The smallest absolute Gasteiger partial charge is 0.123 e. The fourth-order valence-electron chi connectivity index (χ4n) is 2.37. The Morgan fingerprint density at radius 3 is 2.38 bits per heavy atom. The van der Waals surface area contributed by atoms with E-state index in [0.717, 1.165) is 24.1 Å². The second-order valence-corrected chi connectivity index (χ2v) is 5.46. The van der Waals surface area contributed by atoms with Crippen LogP contribution in [0.2, 0.25) is 5.02 Å². The van der Waals surface area contributed by atoms with Crippen molar-refractivity contribution in [1.29, 1.82) is 0 Å². The minimum atomic E-state index is -0.336. The summed E-state index contributed by atoms with van der Waals surface area (Å²) in [5.74, 6) is -0.617. The molecule has 2 aromatic rings. The van der Waals surface area contributed by atoms with Crippen molar-refractivity contribution in [2.45, 2.75) is 26.3 Å². The summed E-state index contributed by atoms with van der Waals surface area (Å²) in [6, 6.07) is 8.66. The minimum Gasteiger partial charge on any atom is -0.306 e. The van der Waals surface area contributed by atoms with E-state index in [9.17, 15) is 8.78 Å². The molecule has 0 radical (unpaired) electrons. The molecule has 0 saturated heterocycles. The first kappa shape index (κ1) is 15.9. The van der Waals surface area contributed by atoms with E-state index in [1.165, 1.54) is 24.3 Å². The van der Waals surface area contributed by atoms with E-state index in [0.29, 0.717) is 10.6 Å². The first-order valence-electron chi connectivity index (χ1n) is 6.97. The Labute approximate surface area is 128 Å². The molecule has 4 heteroatoms. The summed E-state index contributed by atoms with van der Waals surface area (Å²) in [4.78, 5) is 0. The number of hydrogen-bond acceptors (Lipinski definition) is 1. The van der Waals surface area contributed by atoms with Crippen LogP contribution in [0, 0.1) is 18.6 Å². The number of hydrogen-bond donors (Lipinski definition) is 1. The van der Waals surface area contributed by atoms with Crippen LogP contribution in [0.5, 0.6) is 0 Å². The van der Waals surface area contributed by atoms with Gasteiger partial charge in [-0.15, -0.1) is 0 Å². The minimum absolute atomic E-state index is 0.256. The quantitative estimate of drug-likeness (QED) is 0.818. The molecule has 0 aromatic heterocycles. The third kappa shape index (κ3) is 3.80. The molecule has 1 nitrogen and oxygen atoms in total. The summed E-state index contributed by atoms with van der Waals surface area (Å²) in [6.07, 6.45) is 0.934. The number of aryl methyl sites for hydroxylation is 1. The van der Waals surface area contributed by atoms with Gasteiger partial charge in [-0.25, -0.2) is 8.78 Å². The van der Waals surface area contributed by atoms with Crippen molar-refractivity contribution in [2.75, 3.05) is 6.54 Å². The van der Waals surface area contributed by atoms with Crippen LogP contribution < -0.4 is 5.32 Å². The van der Waals surface area contributed by atoms with Gasteiger partial charge in [0.05, 0.1) is 6.04 Å². The summed E-state index contributed by atoms with van der Waals surface area (Å²) in [5.41, 5.74) is 2.38. The topological polar surface area (TPSA) is 12.0 Å². The average Bonchev–Trinajstić information content (AvgIpc) is 2.44. The molecule has 112 valence electrons. The SMILES string of the molecule is CCCNC(c1ccc(F)cc1C)c1cc(F)ccc1Cl. The van der Waals surface area contributed by atoms with Crippen molar-refractivity contribution in [3.05, 3.63) is 69.7 Å². The van der Waals surface area contributed by atoms with E-state index in [1.54, 1.807) is 12.1 Å². The number of halogens is 3. The lowest BCUT2D eigenvalue weighted by atomic mass is 9.94. The van der Waals surface area contributed by atoms with Crippen molar-refractivity contribution in [2.24, 2.45) is 0 Å². The zero-order chi connectivity index (χ0) is 15.4. The van der Waals surface area contributed by atoms with Gasteiger partial charge in [-0.1, -0.05) is 24.6 Å². The van der Waals surface area contributed by atoms with Gasteiger partial charge in [0.1, 0.15) is 11.6 Å². The summed E-state index contributed by atoms with van der Waals surface area (Å²) in [6.45, 7) is 4.65. The molecule has 0 fully saturated rings. The Balaban J connectivity index is 2.49. The van der Waals surface area contributed by atoms with Gasteiger partial charge in [-0.3, -0.25) is 0 Å². The molecule has 0 aliphatic heterocycles. The summed E-state index contributed by atoms with van der Waals surface area (Å²) in [7, 11) is 0. The van der Waals surface area contributed by atoms with Crippen LogP contribution in [0.1, 0.15) is 36.1 Å². The fourth-order valence-corrected chi connectivity index (χ4v) is 2.60. The van der Waals surface area contributed by atoms with Crippen LogP contribution in [0.3, 0.4) is 0 Å². The Bertz CT molecular complexity index is 628. The van der Waals surface area contributed by atoms with E-state index >= 15 is 0 Å². The van der Waals surface area contributed by atoms with Crippen molar-refractivity contribution in [1.82, 2.24) is 5.32 Å². The first-order valence-corrected chi connectivity index (χ1v) is 7.35. The molecule has 0 spiro atoms. The van der Waals surface area contributed by atoms with Gasteiger partial charge in [-0.05, 0) is 66.9 Å². The normalized spacial score (nSPS) is 12.4. The van der Waals surface area contributed by atoms with Crippen LogP contribution in [0.15, 0.2) is 36.4 Å². The fraction of sp³-hybridized carbons (Fsp3) is 0.294. The molecule has 0 amide bonds. The van der Waals surface area contributed by atoms with Gasteiger partial charge < -0.3 is 5.32 Å². The van der Waals surface area contributed by atoms with Gasteiger partial charge in [0.2, 0.25) is 0 Å². The van der Waals surface area contributed by atoms with Crippen LogP contribution >= 0.6 is 11.6 Å². The van der Waals surface area contributed by atoms with Crippen LogP contribution in [-0.2, 0) is 0 Å². The number of benzene rings is 2. The Morgan fingerprint density at radius 2 is 1.71 bits per heavy atom. The molecule has 2 aromatic carbocycles. The van der Waals surface area contributed by atoms with Gasteiger partial charge in [0.15, 0.2) is 0 Å². The predicted molar refractivity (Wildman–Crippen MR) is 82.7 cm³/mol. The summed E-state index contributed by atoms with van der Waals surface area (Å²) in [5, 5.41) is 3.85. The molecule has 0 saturated carbocycles.